The van der Waals surface area contributed by atoms with Crippen molar-refractivity contribution in [3.8, 4) is 0 Å². The zero-order chi connectivity index (χ0) is 19.8. The van der Waals surface area contributed by atoms with Crippen LogP contribution in [0.1, 0.15) is 38.2 Å². The molecule has 152 valence electrons. The lowest BCUT2D eigenvalue weighted by molar-refractivity contribution is -0.133. The lowest BCUT2D eigenvalue weighted by atomic mass is 10.1. The van der Waals surface area contributed by atoms with Crippen LogP contribution in [-0.4, -0.2) is 65.9 Å². The maximum Gasteiger partial charge on any atom is 0.234 e. The van der Waals surface area contributed by atoms with Crippen molar-refractivity contribution < 1.29 is 9.59 Å². The first kappa shape index (κ1) is 20.4. The lowest BCUT2D eigenvalue weighted by Gasteiger charge is -2.34. The predicted octanol–water partition coefficient (Wildman–Crippen LogP) is 2.55. The molecule has 6 heteroatoms. The van der Waals surface area contributed by atoms with Gasteiger partial charge in [0, 0.05) is 56.2 Å². The van der Waals surface area contributed by atoms with Crippen LogP contribution in [0, 0.1) is 0 Å². The molecule has 2 heterocycles. The largest absolute Gasteiger partial charge is 0.361 e. The molecule has 0 saturated carbocycles. The summed E-state index contributed by atoms with van der Waals surface area (Å²) in [5.74, 6) is 0.318. The molecule has 1 aliphatic rings. The smallest absolute Gasteiger partial charge is 0.234 e. The summed E-state index contributed by atoms with van der Waals surface area (Å²) in [7, 11) is 0. The summed E-state index contributed by atoms with van der Waals surface area (Å²) >= 11 is 0. The molecular formula is C22H32N4O2. The van der Waals surface area contributed by atoms with Crippen LogP contribution in [0.4, 0.5) is 0 Å². The van der Waals surface area contributed by atoms with Gasteiger partial charge in [-0.1, -0.05) is 31.5 Å². The van der Waals surface area contributed by atoms with E-state index >= 15 is 0 Å². The Kier molecular flexibility index (Phi) is 7.48. The van der Waals surface area contributed by atoms with Crippen LogP contribution in [-0.2, 0) is 16.0 Å². The van der Waals surface area contributed by atoms with Crippen molar-refractivity contribution in [2.45, 2.75) is 39.0 Å². The number of carbonyl (C=O) groups is 2. The van der Waals surface area contributed by atoms with Gasteiger partial charge in [-0.2, -0.15) is 0 Å². The molecule has 1 saturated heterocycles. The number of H-pyrrole nitrogens is 1. The Morgan fingerprint density at radius 3 is 2.68 bits per heavy atom. The van der Waals surface area contributed by atoms with Crippen LogP contribution < -0.4 is 5.32 Å². The zero-order valence-electron chi connectivity index (χ0n) is 16.9. The minimum absolute atomic E-state index is 0.0898. The number of rotatable bonds is 9. The molecule has 28 heavy (non-hydrogen) atoms. The van der Waals surface area contributed by atoms with Crippen molar-refractivity contribution in [2.24, 2.45) is 0 Å². The monoisotopic (exact) mass is 384 g/mol. The maximum atomic E-state index is 12.5. The highest BCUT2D eigenvalue weighted by atomic mass is 16.2. The van der Waals surface area contributed by atoms with Crippen LogP contribution in [0.15, 0.2) is 30.5 Å². The number of benzene rings is 1. The molecule has 1 fully saturated rings. The number of aromatic amines is 1. The second-order valence-electron chi connectivity index (χ2n) is 7.57. The van der Waals surface area contributed by atoms with E-state index in [2.05, 4.69) is 40.5 Å². The fraction of sp³-hybridized carbons (Fsp3) is 0.545. The third-order valence-corrected chi connectivity index (χ3v) is 5.46. The number of nitrogens with one attached hydrogen (secondary N) is 2. The number of nitrogens with zero attached hydrogens (tertiary/aromatic N) is 2. The van der Waals surface area contributed by atoms with Crippen molar-refractivity contribution in [3.05, 3.63) is 36.0 Å². The molecular weight excluding hydrogens is 352 g/mol. The SMILES string of the molecule is CCCCNC(=O)CN1CCN(C(=O)CCCc2c[nH]c3ccccc23)CC1. The highest BCUT2D eigenvalue weighted by molar-refractivity contribution is 5.83. The van der Waals surface area contributed by atoms with Crippen molar-refractivity contribution in [1.82, 2.24) is 20.1 Å². The molecule has 3 rings (SSSR count). The standard InChI is InChI=1S/C22H32N4O2/c1-2-3-11-23-21(27)17-25-12-14-26(15-13-25)22(28)10-6-7-18-16-24-20-9-5-4-8-19(18)20/h4-5,8-9,16,24H,2-3,6-7,10-15,17H2,1H3,(H,23,27). The van der Waals surface area contributed by atoms with E-state index in [1.165, 1.54) is 10.9 Å². The number of amides is 2. The van der Waals surface area contributed by atoms with Gasteiger partial charge in [0.15, 0.2) is 0 Å². The second-order valence-corrected chi connectivity index (χ2v) is 7.57. The number of carbonyl (C=O) groups excluding carboxylic acids is 2. The Bertz CT molecular complexity index is 778. The van der Waals surface area contributed by atoms with Gasteiger partial charge in [0.25, 0.3) is 0 Å². The Morgan fingerprint density at radius 2 is 1.89 bits per heavy atom. The van der Waals surface area contributed by atoms with E-state index in [0.29, 0.717) is 26.1 Å². The van der Waals surface area contributed by atoms with Crippen LogP contribution in [0.5, 0.6) is 0 Å². The summed E-state index contributed by atoms with van der Waals surface area (Å²) in [6.45, 7) is 6.28. The third-order valence-electron chi connectivity index (χ3n) is 5.46. The first-order valence-electron chi connectivity index (χ1n) is 10.5. The topological polar surface area (TPSA) is 68.4 Å². The number of fused-ring (bicyclic) bond motifs is 1. The molecule has 0 unspecified atom stereocenters. The summed E-state index contributed by atoms with van der Waals surface area (Å²) in [6, 6.07) is 8.28. The Hall–Kier alpha value is -2.34. The fourth-order valence-corrected chi connectivity index (χ4v) is 3.75. The molecule has 2 N–H and O–H groups in total. The van der Waals surface area contributed by atoms with Gasteiger partial charge in [-0.15, -0.1) is 0 Å². The molecule has 0 atom stereocenters. The maximum absolute atomic E-state index is 12.5. The van der Waals surface area contributed by atoms with Gasteiger partial charge < -0.3 is 15.2 Å². The van der Waals surface area contributed by atoms with E-state index in [1.54, 1.807) is 0 Å². The van der Waals surface area contributed by atoms with Crippen molar-refractivity contribution >= 4 is 22.7 Å². The summed E-state index contributed by atoms with van der Waals surface area (Å²) in [6.07, 6.45) is 6.51. The van der Waals surface area contributed by atoms with Crippen LogP contribution in [0.3, 0.4) is 0 Å². The Labute approximate surface area is 167 Å². The van der Waals surface area contributed by atoms with Gasteiger partial charge in [0.1, 0.15) is 0 Å². The minimum Gasteiger partial charge on any atom is -0.361 e. The quantitative estimate of drug-likeness (QED) is 0.653. The lowest BCUT2D eigenvalue weighted by Crippen LogP contribution is -2.51. The first-order valence-corrected chi connectivity index (χ1v) is 10.5. The molecule has 2 amide bonds. The molecule has 0 aliphatic carbocycles. The van der Waals surface area contributed by atoms with Crippen molar-refractivity contribution in [3.63, 3.8) is 0 Å². The van der Waals surface area contributed by atoms with E-state index in [9.17, 15) is 9.59 Å². The van der Waals surface area contributed by atoms with E-state index in [4.69, 9.17) is 0 Å². The highest BCUT2D eigenvalue weighted by Gasteiger charge is 2.22. The second kappa shape index (κ2) is 10.3. The molecule has 2 aromatic rings. The van der Waals surface area contributed by atoms with Gasteiger partial charge in [0.05, 0.1) is 6.54 Å². The molecule has 1 aromatic heterocycles. The molecule has 1 aromatic carbocycles. The fourth-order valence-electron chi connectivity index (χ4n) is 3.75. The van der Waals surface area contributed by atoms with Crippen LogP contribution >= 0.6 is 0 Å². The Morgan fingerprint density at radius 1 is 1.11 bits per heavy atom. The number of piperazine rings is 1. The number of aromatic nitrogens is 1. The average Bonchev–Trinajstić information content (AvgIpc) is 3.12. The number of hydrogen-bond donors (Lipinski definition) is 2. The van der Waals surface area contributed by atoms with Crippen LogP contribution in [0.25, 0.3) is 10.9 Å². The third kappa shape index (κ3) is 5.58. The summed E-state index contributed by atoms with van der Waals surface area (Å²) in [5.41, 5.74) is 2.43. The van der Waals surface area contributed by atoms with Gasteiger partial charge in [-0.05, 0) is 30.9 Å². The zero-order valence-corrected chi connectivity index (χ0v) is 16.9. The van der Waals surface area contributed by atoms with Gasteiger partial charge in [0.2, 0.25) is 11.8 Å². The predicted molar refractivity (Wildman–Crippen MR) is 112 cm³/mol. The summed E-state index contributed by atoms with van der Waals surface area (Å²) in [5, 5.41) is 4.21. The van der Waals surface area contributed by atoms with Crippen molar-refractivity contribution in [2.75, 3.05) is 39.3 Å². The number of para-hydroxylation sites is 1. The Balaban J connectivity index is 1.35. The number of hydrogen-bond acceptors (Lipinski definition) is 3. The first-order chi connectivity index (χ1) is 13.7. The minimum atomic E-state index is 0.0898. The molecule has 6 nitrogen and oxygen atoms in total. The highest BCUT2D eigenvalue weighted by Crippen LogP contribution is 2.19. The van der Waals surface area contributed by atoms with E-state index < -0.39 is 0 Å². The molecule has 1 aliphatic heterocycles. The number of aryl methyl sites for hydroxylation is 1. The average molecular weight is 385 g/mol. The van der Waals surface area contributed by atoms with Gasteiger partial charge in [-0.3, -0.25) is 14.5 Å². The van der Waals surface area contributed by atoms with Gasteiger partial charge >= 0.3 is 0 Å². The van der Waals surface area contributed by atoms with E-state index in [0.717, 1.165) is 50.8 Å². The van der Waals surface area contributed by atoms with Gasteiger partial charge in [-0.25, -0.2) is 0 Å². The summed E-state index contributed by atoms with van der Waals surface area (Å²) < 4.78 is 0. The summed E-state index contributed by atoms with van der Waals surface area (Å²) in [4.78, 5) is 31.8. The van der Waals surface area contributed by atoms with Crippen molar-refractivity contribution in [1.29, 1.82) is 0 Å². The molecule has 0 bridgehead atoms. The van der Waals surface area contributed by atoms with Crippen LogP contribution in [0.2, 0.25) is 0 Å². The van der Waals surface area contributed by atoms with E-state index in [-0.39, 0.29) is 11.8 Å². The molecule has 0 spiro atoms. The normalized spacial score (nSPS) is 15.1. The molecule has 0 radical (unpaired) electrons. The van der Waals surface area contributed by atoms with E-state index in [1.807, 2.05) is 17.0 Å². The number of unbranched alkanes of at least 4 members (excludes halogenated alkanes) is 1.